The van der Waals surface area contributed by atoms with Crippen LogP contribution >= 0.6 is 11.8 Å². The van der Waals surface area contributed by atoms with Crippen molar-refractivity contribution in [3.8, 4) is 0 Å². The molecule has 8 heteroatoms. The zero-order valence-corrected chi connectivity index (χ0v) is 15.0. The van der Waals surface area contributed by atoms with Gasteiger partial charge in [0, 0.05) is 16.6 Å². The molecule has 140 valence electrons. The van der Waals surface area contributed by atoms with Crippen molar-refractivity contribution in [3.05, 3.63) is 77.2 Å². The summed E-state index contributed by atoms with van der Waals surface area (Å²) in [6.07, 6.45) is -4.47. The zero-order valence-electron chi connectivity index (χ0n) is 14.2. The van der Waals surface area contributed by atoms with Gasteiger partial charge in [-0.15, -0.1) is 11.8 Å². The fraction of sp³-hybridized carbons (Fsp3) is 0.158. The minimum Gasteiger partial charge on any atom is -0.360 e. The van der Waals surface area contributed by atoms with Crippen LogP contribution in [0, 0.1) is 6.92 Å². The van der Waals surface area contributed by atoms with Crippen molar-refractivity contribution in [2.45, 2.75) is 23.7 Å². The maximum absolute atomic E-state index is 12.8. The minimum absolute atomic E-state index is 0.0838. The van der Waals surface area contributed by atoms with Crippen molar-refractivity contribution >= 4 is 23.4 Å². The molecule has 1 amide bonds. The third-order valence-electron chi connectivity index (χ3n) is 3.63. The van der Waals surface area contributed by atoms with Gasteiger partial charge in [-0.25, -0.2) is 0 Å². The SMILES string of the molecule is Cc1cc(CSc2ccccc2C(=O)Nc2cccc(C(F)(F)F)c2)on1. The topological polar surface area (TPSA) is 55.1 Å². The van der Waals surface area contributed by atoms with Crippen LogP contribution in [0.2, 0.25) is 0 Å². The molecule has 0 spiro atoms. The van der Waals surface area contributed by atoms with Crippen molar-refractivity contribution in [3.63, 3.8) is 0 Å². The summed E-state index contributed by atoms with van der Waals surface area (Å²) >= 11 is 1.39. The number of alkyl halides is 3. The Balaban J connectivity index is 1.75. The molecule has 3 rings (SSSR count). The van der Waals surface area contributed by atoms with Crippen LogP contribution < -0.4 is 5.32 Å². The molecule has 0 unspecified atom stereocenters. The number of aryl methyl sites for hydroxylation is 1. The summed E-state index contributed by atoms with van der Waals surface area (Å²) in [6.45, 7) is 1.81. The highest BCUT2D eigenvalue weighted by atomic mass is 32.2. The molecule has 0 saturated carbocycles. The highest BCUT2D eigenvalue weighted by Crippen LogP contribution is 2.31. The standard InChI is InChI=1S/C19H15F3N2O2S/c1-12-9-15(26-24-12)11-27-17-8-3-2-7-16(17)18(25)23-14-6-4-5-13(10-14)19(20,21)22/h2-10H,11H2,1H3,(H,23,25). The molecule has 4 nitrogen and oxygen atoms in total. The first-order valence-electron chi connectivity index (χ1n) is 7.95. The molecular formula is C19H15F3N2O2S. The van der Waals surface area contributed by atoms with Gasteiger partial charge in [-0.3, -0.25) is 4.79 Å². The lowest BCUT2D eigenvalue weighted by atomic mass is 10.1. The summed E-state index contributed by atoms with van der Waals surface area (Å²) in [5, 5.41) is 6.34. The van der Waals surface area contributed by atoms with Crippen LogP contribution in [-0.2, 0) is 11.9 Å². The Morgan fingerprint density at radius 1 is 1.15 bits per heavy atom. The number of carbonyl (C=O) groups excluding carboxylic acids is 1. The Labute approximate surface area is 157 Å². The second-order valence-corrected chi connectivity index (χ2v) is 6.77. The van der Waals surface area contributed by atoms with Crippen molar-refractivity contribution in [1.82, 2.24) is 5.16 Å². The molecule has 0 aliphatic heterocycles. The predicted octanol–water partition coefficient (Wildman–Crippen LogP) is 5.55. The molecule has 0 aliphatic carbocycles. The molecule has 0 fully saturated rings. The molecule has 1 N–H and O–H groups in total. The van der Waals surface area contributed by atoms with Gasteiger partial charge in [0.05, 0.1) is 22.6 Å². The fourth-order valence-corrected chi connectivity index (χ4v) is 3.31. The van der Waals surface area contributed by atoms with Crippen LogP contribution in [0.15, 0.2) is 64.0 Å². The highest BCUT2D eigenvalue weighted by Gasteiger charge is 2.30. The highest BCUT2D eigenvalue weighted by molar-refractivity contribution is 7.98. The van der Waals surface area contributed by atoms with Gasteiger partial charge >= 0.3 is 6.18 Å². The van der Waals surface area contributed by atoms with Gasteiger partial charge in [-0.05, 0) is 37.3 Å². The lowest BCUT2D eigenvalue weighted by Crippen LogP contribution is -2.14. The minimum atomic E-state index is -4.47. The molecule has 1 heterocycles. The lowest BCUT2D eigenvalue weighted by Gasteiger charge is -2.11. The van der Waals surface area contributed by atoms with E-state index in [0.29, 0.717) is 22.0 Å². The molecule has 0 atom stereocenters. The maximum atomic E-state index is 12.8. The molecular weight excluding hydrogens is 377 g/mol. The van der Waals surface area contributed by atoms with Crippen LogP contribution in [0.3, 0.4) is 0 Å². The summed E-state index contributed by atoms with van der Waals surface area (Å²) in [5.41, 5.74) is 0.404. The average molecular weight is 392 g/mol. The third-order valence-corrected chi connectivity index (χ3v) is 4.72. The normalized spacial score (nSPS) is 11.4. The molecule has 3 aromatic rings. The van der Waals surface area contributed by atoms with Crippen molar-refractivity contribution in [2.24, 2.45) is 0 Å². The van der Waals surface area contributed by atoms with Gasteiger partial charge in [0.1, 0.15) is 5.76 Å². The zero-order chi connectivity index (χ0) is 19.4. The molecule has 0 radical (unpaired) electrons. The number of nitrogens with one attached hydrogen (secondary N) is 1. The molecule has 0 aliphatic rings. The Morgan fingerprint density at radius 2 is 1.93 bits per heavy atom. The number of halogens is 3. The van der Waals surface area contributed by atoms with Crippen LogP contribution in [0.5, 0.6) is 0 Å². The number of aromatic nitrogens is 1. The van der Waals surface area contributed by atoms with Crippen molar-refractivity contribution in [2.75, 3.05) is 5.32 Å². The monoisotopic (exact) mass is 392 g/mol. The predicted molar refractivity (Wildman–Crippen MR) is 96.6 cm³/mol. The largest absolute Gasteiger partial charge is 0.416 e. The summed E-state index contributed by atoms with van der Waals surface area (Å²) < 4.78 is 43.6. The first kappa shape index (κ1) is 19.0. The molecule has 27 heavy (non-hydrogen) atoms. The molecule has 1 aromatic heterocycles. The summed E-state index contributed by atoms with van der Waals surface area (Å²) in [5.74, 6) is 0.672. The number of benzene rings is 2. The van der Waals surface area contributed by atoms with Crippen LogP contribution in [0.1, 0.15) is 27.4 Å². The van der Waals surface area contributed by atoms with E-state index >= 15 is 0 Å². The first-order chi connectivity index (χ1) is 12.8. The van der Waals surface area contributed by atoms with Gasteiger partial charge in [-0.2, -0.15) is 13.2 Å². The van der Waals surface area contributed by atoms with Gasteiger partial charge in [-0.1, -0.05) is 23.4 Å². The van der Waals surface area contributed by atoms with E-state index in [9.17, 15) is 18.0 Å². The van der Waals surface area contributed by atoms with E-state index in [4.69, 9.17) is 4.52 Å². The number of carbonyl (C=O) groups is 1. The van der Waals surface area contributed by atoms with E-state index in [1.807, 2.05) is 6.92 Å². The number of hydrogen-bond acceptors (Lipinski definition) is 4. The van der Waals surface area contributed by atoms with Gasteiger partial charge in [0.2, 0.25) is 0 Å². The average Bonchev–Trinajstić information content (AvgIpc) is 3.05. The Morgan fingerprint density at radius 3 is 2.63 bits per heavy atom. The fourth-order valence-electron chi connectivity index (χ4n) is 2.39. The van der Waals surface area contributed by atoms with E-state index < -0.39 is 17.6 Å². The Hall–Kier alpha value is -2.74. The van der Waals surface area contributed by atoms with Crippen molar-refractivity contribution in [1.29, 1.82) is 0 Å². The summed E-state index contributed by atoms with van der Waals surface area (Å²) in [4.78, 5) is 13.3. The summed E-state index contributed by atoms with van der Waals surface area (Å²) in [7, 11) is 0. The number of anilines is 1. The number of amides is 1. The van der Waals surface area contributed by atoms with E-state index in [2.05, 4.69) is 10.5 Å². The van der Waals surface area contributed by atoms with E-state index in [1.165, 1.54) is 23.9 Å². The van der Waals surface area contributed by atoms with Crippen molar-refractivity contribution < 1.29 is 22.5 Å². The van der Waals surface area contributed by atoms with E-state index in [0.717, 1.165) is 17.8 Å². The summed E-state index contributed by atoms with van der Waals surface area (Å²) in [6, 6.07) is 13.2. The van der Waals surface area contributed by atoms with Crippen LogP contribution in [0.4, 0.5) is 18.9 Å². The Kier molecular flexibility index (Phi) is 5.55. The van der Waals surface area contributed by atoms with E-state index in [-0.39, 0.29) is 5.69 Å². The third kappa shape index (κ3) is 4.91. The number of rotatable bonds is 5. The van der Waals surface area contributed by atoms with Gasteiger partial charge in [0.15, 0.2) is 0 Å². The smallest absolute Gasteiger partial charge is 0.360 e. The number of thioether (sulfide) groups is 1. The number of nitrogens with zero attached hydrogens (tertiary/aromatic N) is 1. The van der Waals surface area contributed by atoms with Crippen LogP contribution in [-0.4, -0.2) is 11.1 Å². The van der Waals surface area contributed by atoms with Gasteiger partial charge < -0.3 is 9.84 Å². The molecule has 0 bridgehead atoms. The molecule has 0 saturated heterocycles. The van der Waals surface area contributed by atoms with Crippen LogP contribution in [0.25, 0.3) is 0 Å². The quantitative estimate of drug-likeness (QED) is 0.579. The first-order valence-corrected chi connectivity index (χ1v) is 8.94. The lowest BCUT2D eigenvalue weighted by molar-refractivity contribution is -0.137. The molecule has 2 aromatic carbocycles. The Bertz CT molecular complexity index is 954. The second kappa shape index (κ2) is 7.87. The maximum Gasteiger partial charge on any atom is 0.416 e. The van der Waals surface area contributed by atoms with Gasteiger partial charge in [0.25, 0.3) is 5.91 Å². The number of hydrogen-bond donors (Lipinski definition) is 1. The second-order valence-electron chi connectivity index (χ2n) is 5.75. The van der Waals surface area contributed by atoms with E-state index in [1.54, 1.807) is 30.3 Å².